The first-order chi connectivity index (χ1) is 40.8. The predicted octanol–water partition coefficient (Wildman–Crippen LogP) is 5.84. The molecule has 22 nitrogen and oxygen atoms in total. The van der Waals surface area contributed by atoms with E-state index < -0.39 is 90.4 Å². The number of carbonyl (C=O) groups is 8. The molecule has 0 radical (unpaired) electrons. The third kappa shape index (κ3) is 18.3. The maximum Gasteiger partial charge on any atom is 0.410 e. The molecule has 4 aromatic rings. The number of primary amides is 1. The summed E-state index contributed by atoms with van der Waals surface area (Å²) in [5, 5.41) is 23.6. The van der Waals surface area contributed by atoms with Crippen molar-refractivity contribution in [1.29, 1.82) is 0 Å². The van der Waals surface area contributed by atoms with Crippen LogP contribution < -0.4 is 32.3 Å². The molecule has 2 fully saturated rings. The Morgan fingerprint density at radius 3 is 2.26 bits per heavy atom. The number of aliphatic hydroxyl groups is 1. The number of imide groups is 1. The highest BCUT2D eigenvalue weighted by atomic mass is 19.1. The molecule has 458 valence electrons. The summed E-state index contributed by atoms with van der Waals surface area (Å²) >= 11 is 0. The second kappa shape index (κ2) is 31.0. The molecule has 7 rings (SSSR count). The number of imidazole rings is 1. The van der Waals surface area contributed by atoms with E-state index in [0.29, 0.717) is 62.4 Å². The second-order valence-electron chi connectivity index (χ2n) is 22.0. The third-order valence-electron chi connectivity index (χ3n) is 15.1. The maximum atomic E-state index is 16.5. The highest BCUT2D eigenvalue weighted by Crippen LogP contribution is 2.39. The molecule has 10 amide bonds. The van der Waals surface area contributed by atoms with Crippen molar-refractivity contribution < 1.29 is 66.1 Å². The number of unbranched alkanes of at least 4 members (excludes halogenated alkanes) is 2. The molecule has 0 aliphatic carbocycles. The van der Waals surface area contributed by atoms with Crippen LogP contribution in [0.25, 0.3) is 11.3 Å². The average Bonchev–Trinajstić information content (AvgIpc) is 2.07. The van der Waals surface area contributed by atoms with E-state index in [1.807, 2.05) is 30.3 Å². The Morgan fingerprint density at radius 2 is 1.58 bits per heavy atom. The van der Waals surface area contributed by atoms with Crippen LogP contribution in [-0.4, -0.2) is 154 Å². The van der Waals surface area contributed by atoms with E-state index in [1.54, 1.807) is 55.8 Å². The van der Waals surface area contributed by atoms with Crippen molar-refractivity contribution >= 4 is 53.4 Å². The number of alkyl halides is 1. The minimum atomic E-state index is -1.62. The van der Waals surface area contributed by atoms with E-state index in [-0.39, 0.29) is 100 Å². The van der Waals surface area contributed by atoms with Gasteiger partial charge in [0.15, 0.2) is 0 Å². The first-order valence-electron chi connectivity index (χ1n) is 28.7. The van der Waals surface area contributed by atoms with Crippen LogP contribution in [-0.2, 0) is 46.6 Å². The van der Waals surface area contributed by atoms with E-state index in [0.717, 1.165) is 28.7 Å². The van der Waals surface area contributed by atoms with Gasteiger partial charge >= 0.3 is 18.2 Å². The zero-order chi connectivity index (χ0) is 61.2. The number of carbonyl (C=O) groups excluding carboxylic acids is 8. The van der Waals surface area contributed by atoms with Gasteiger partial charge in [0, 0.05) is 87.9 Å². The molecule has 3 aliphatic heterocycles. The van der Waals surface area contributed by atoms with E-state index in [9.17, 15) is 47.9 Å². The monoisotopic (exact) mass is 1180 g/mol. The number of rotatable bonds is 28. The van der Waals surface area contributed by atoms with Crippen LogP contribution in [0.5, 0.6) is 0 Å². The quantitative estimate of drug-likeness (QED) is 0.0261. The van der Waals surface area contributed by atoms with Gasteiger partial charge in [0.1, 0.15) is 42.3 Å². The molecule has 1 aromatic heterocycles. The van der Waals surface area contributed by atoms with Crippen LogP contribution in [0.2, 0.25) is 0 Å². The number of nitrogens with one attached hydrogen (secondary N) is 5. The number of likely N-dealkylation sites (tertiary alicyclic amines) is 1. The fourth-order valence-electron chi connectivity index (χ4n) is 10.5. The Labute approximate surface area is 491 Å². The lowest BCUT2D eigenvalue weighted by molar-refractivity contribution is -0.137. The van der Waals surface area contributed by atoms with Crippen LogP contribution in [0.4, 0.5) is 33.2 Å². The first-order valence-corrected chi connectivity index (χ1v) is 28.7. The number of nitrogens with zero attached hydrogens (tertiary/aromatic N) is 5. The van der Waals surface area contributed by atoms with Gasteiger partial charge in [0.05, 0.1) is 30.9 Å². The molecule has 0 saturated carbocycles. The van der Waals surface area contributed by atoms with Crippen molar-refractivity contribution in [2.24, 2.45) is 23.5 Å². The van der Waals surface area contributed by atoms with Crippen LogP contribution in [0.3, 0.4) is 0 Å². The molecule has 85 heavy (non-hydrogen) atoms. The summed E-state index contributed by atoms with van der Waals surface area (Å²) in [5.41, 5.74) is 6.94. The van der Waals surface area contributed by atoms with Gasteiger partial charge in [0.2, 0.25) is 17.7 Å². The Kier molecular flexibility index (Phi) is 23.4. The molecular formula is C60H76F3N11O11. The molecule has 3 aromatic carbocycles. The number of aromatic nitrogens is 2. The van der Waals surface area contributed by atoms with Crippen molar-refractivity contribution in [2.75, 3.05) is 57.9 Å². The minimum absolute atomic E-state index is 0.0747. The lowest BCUT2D eigenvalue weighted by atomic mass is 9.89. The number of aliphatic hydroxyl groups excluding tert-OH is 1. The maximum absolute atomic E-state index is 16.5. The summed E-state index contributed by atoms with van der Waals surface area (Å²) in [6, 6.07) is 13.6. The van der Waals surface area contributed by atoms with Gasteiger partial charge in [-0.15, -0.1) is 0 Å². The van der Waals surface area contributed by atoms with Crippen LogP contribution in [0.15, 0.2) is 91.1 Å². The predicted molar refractivity (Wildman–Crippen MR) is 306 cm³/mol. The van der Waals surface area contributed by atoms with Gasteiger partial charge in [-0.1, -0.05) is 62.7 Å². The standard InChI is InChI=1S/C60H76F3N11O11/c1-37(2)53(70-50(76)14-8-5-9-26-73-51(77)21-22-52(73)78)57(80)69-48(13-10-25-65-58(64)81)56(79)67-44-18-15-40(16-19-44)36-85-60(83)72-31-42(47(63)33-72)32-74(59(82)66-38(3)35-75)54(41-23-27-84-28-24-41)55-68-49(45-29-43(61)17-20-46(45)62)34-71(55)30-39-11-6-4-7-12-39/h4,6-7,11-12,15-22,29,34,37-38,41-42,47-48,53-54,75H,5,8-10,13-14,23-28,30-33,35-36H2,1-3H3,(H,66,82)(H,67,79)(H,69,80)(H,70,76)(H3,64,65,81)/t38-,42-,47-,48-,53?,54+/m0/s1. The summed E-state index contributed by atoms with van der Waals surface area (Å²) in [6.45, 7) is 5.01. The number of hydrogen-bond donors (Lipinski definition) is 7. The molecule has 25 heteroatoms. The fraction of sp³-hybridized carbons (Fsp3) is 0.483. The molecule has 3 aliphatic rings. The van der Waals surface area contributed by atoms with E-state index in [1.165, 1.54) is 22.0 Å². The van der Waals surface area contributed by atoms with E-state index in [4.69, 9.17) is 20.2 Å². The average molecular weight is 1180 g/mol. The number of anilines is 1. The molecule has 1 unspecified atom stereocenters. The van der Waals surface area contributed by atoms with Crippen molar-refractivity contribution in [3.63, 3.8) is 0 Å². The van der Waals surface area contributed by atoms with Crippen molar-refractivity contribution in [1.82, 2.24) is 45.5 Å². The summed E-state index contributed by atoms with van der Waals surface area (Å²) in [4.78, 5) is 113. The molecule has 6 atom stereocenters. The molecule has 4 heterocycles. The summed E-state index contributed by atoms with van der Waals surface area (Å²) in [5.74, 6) is -5.03. The van der Waals surface area contributed by atoms with Gasteiger partial charge < -0.3 is 61.3 Å². The van der Waals surface area contributed by atoms with Crippen LogP contribution >= 0.6 is 0 Å². The zero-order valence-electron chi connectivity index (χ0n) is 48.0. The Hall–Kier alpha value is -8.32. The molecule has 0 spiro atoms. The lowest BCUT2D eigenvalue weighted by Gasteiger charge is -2.40. The Morgan fingerprint density at radius 1 is 0.859 bits per heavy atom. The van der Waals surface area contributed by atoms with Crippen molar-refractivity contribution in [3.05, 3.63) is 120 Å². The smallest absolute Gasteiger partial charge is 0.410 e. The van der Waals surface area contributed by atoms with E-state index >= 15 is 8.78 Å². The highest BCUT2D eigenvalue weighted by molar-refractivity contribution is 6.12. The Bertz CT molecular complexity index is 2980. The summed E-state index contributed by atoms with van der Waals surface area (Å²) in [7, 11) is 0. The lowest BCUT2D eigenvalue weighted by Crippen LogP contribution is -2.54. The fourth-order valence-corrected chi connectivity index (χ4v) is 10.5. The highest BCUT2D eigenvalue weighted by Gasteiger charge is 2.43. The van der Waals surface area contributed by atoms with E-state index in [2.05, 4.69) is 26.6 Å². The number of urea groups is 2. The SMILES string of the molecule is CC(C)C(NC(=O)CCCCCN1C(=O)C=CC1=O)C(=O)N[C@@H](CCCNC(N)=O)C(=O)Nc1ccc(COC(=O)N2C[C@@H](CN(C(=O)N[C@@H](C)CO)[C@@H](c3nc(-c4cc(F)ccc4F)cn3Cc3ccccc3)C3CCOCC3)[C@@H](F)C2)cc1. The molecular weight excluding hydrogens is 1110 g/mol. The van der Waals surface area contributed by atoms with Crippen molar-refractivity contribution in [2.45, 2.75) is 116 Å². The van der Waals surface area contributed by atoms with Gasteiger partial charge in [-0.05, 0) is 98.7 Å². The topological polar surface area (TPSA) is 289 Å². The van der Waals surface area contributed by atoms with Gasteiger partial charge in [-0.25, -0.2) is 32.5 Å². The van der Waals surface area contributed by atoms with Gasteiger partial charge in [-0.3, -0.25) is 28.9 Å². The number of hydrogen-bond acceptors (Lipinski definition) is 12. The number of ether oxygens (including phenoxy) is 2. The molecule has 2 saturated heterocycles. The van der Waals surface area contributed by atoms with Crippen LogP contribution in [0.1, 0.15) is 95.1 Å². The number of nitrogens with two attached hydrogens (primary N) is 1. The summed E-state index contributed by atoms with van der Waals surface area (Å²) < 4.78 is 59.8. The summed E-state index contributed by atoms with van der Waals surface area (Å²) in [6.07, 6.45) is 4.42. The van der Waals surface area contributed by atoms with Gasteiger partial charge in [0.25, 0.3) is 11.8 Å². The van der Waals surface area contributed by atoms with Crippen molar-refractivity contribution in [3.8, 4) is 11.3 Å². The number of amides is 10. The first kappa shape index (κ1) is 64.2. The van der Waals surface area contributed by atoms with Crippen LogP contribution in [0, 0.1) is 29.4 Å². The van der Waals surface area contributed by atoms with Gasteiger partial charge in [-0.2, -0.15) is 0 Å². The zero-order valence-corrected chi connectivity index (χ0v) is 48.0. The third-order valence-corrected chi connectivity index (χ3v) is 15.1. The normalized spacial score (nSPS) is 17.5. The largest absolute Gasteiger partial charge is 0.445 e. The number of benzene rings is 3. The molecule has 8 N–H and O–H groups in total. The Balaban J connectivity index is 0.991. The number of halogens is 3. The second-order valence-corrected chi connectivity index (χ2v) is 22.0. The molecule has 0 bridgehead atoms. The minimum Gasteiger partial charge on any atom is -0.445 e.